The third-order valence-electron chi connectivity index (χ3n) is 3.50. The molecule has 1 saturated heterocycles. The lowest BCUT2D eigenvalue weighted by atomic mass is 10.1. The number of rotatable bonds is 6. The number of carbonyl (C=O) groups is 2. The van der Waals surface area contributed by atoms with Crippen molar-refractivity contribution in [2.75, 3.05) is 26.3 Å². The van der Waals surface area contributed by atoms with Crippen LogP contribution in [-0.4, -0.2) is 54.3 Å². The summed E-state index contributed by atoms with van der Waals surface area (Å²) in [6.07, 6.45) is 1.11. The Morgan fingerprint density at radius 3 is 2.73 bits per heavy atom. The predicted molar refractivity (Wildman–Crippen MR) is 80.1 cm³/mol. The Morgan fingerprint density at radius 1 is 1.36 bits per heavy atom. The van der Waals surface area contributed by atoms with E-state index in [1.54, 1.807) is 24.3 Å². The molecule has 6 nitrogen and oxygen atoms in total. The standard InChI is InChI=1S/C16H21NO5/c1-2-3-9-21-13-6-4-12(5-7-13)15(18)17-8-10-22-14(11-17)16(19)20/h4-7,14H,2-3,8-11H2,1H3,(H,19,20). The third kappa shape index (κ3) is 4.21. The minimum atomic E-state index is -1.04. The number of unbranched alkanes of at least 4 members (excludes halogenated alkanes) is 1. The number of benzene rings is 1. The van der Waals surface area contributed by atoms with Crippen LogP contribution >= 0.6 is 0 Å². The summed E-state index contributed by atoms with van der Waals surface area (Å²) in [7, 11) is 0. The minimum Gasteiger partial charge on any atom is -0.494 e. The van der Waals surface area contributed by atoms with Crippen molar-refractivity contribution in [2.24, 2.45) is 0 Å². The molecule has 1 unspecified atom stereocenters. The molecule has 1 amide bonds. The van der Waals surface area contributed by atoms with Crippen LogP contribution in [0.4, 0.5) is 0 Å². The van der Waals surface area contributed by atoms with Crippen LogP contribution in [0.3, 0.4) is 0 Å². The van der Waals surface area contributed by atoms with Crippen LogP contribution in [0.15, 0.2) is 24.3 Å². The molecular weight excluding hydrogens is 286 g/mol. The molecule has 1 atom stereocenters. The summed E-state index contributed by atoms with van der Waals surface area (Å²) in [6.45, 7) is 3.46. The Bertz CT molecular complexity index is 514. The molecule has 22 heavy (non-hydrogen) atoms. The Balaban J connectivity index is 1.95. The number of hydrogen-bond donors (Lipinski definition) is 1. The quantitative estimate of drug-likeness (QED) is 0.811. The van der Waals surface area contributed by atoms with Crippen molar-refractivity contribution in [1.29, 1.82) is 0 Å². The van der Waals surface area contributed by atoms with E-state index in [4.69, 9.17) is 14.6 Å². The van der Waals surface area contributed by atoms with E-state index in [1.807, 2.05) is 0 Å². The fourth-order valence-corrected chi connectivity index (χ4v) is 2.19. The van der Waals surface area contributed by atoms with Crippen LogP contribution in [0.5, 0.6) is 5.75 Å². The molecule has 6 heteroatoms. The first-order valence-electron chi connectivity index (χ1n) is 7.48. The van der Waals surface area contributed by atoms with Gasteiger partial charge in [-0.3, -0.25) is 4.79 Å². The highest BCUT2D eigenvalue weighted by molar-refractivity contribution is 5.94. The van der Waals surface area contributed by atoms with Crippen LogP contribution in [0.2, 0.25) is 0 Å². The van der Waals surface area contributed by atoms with E-state index in [-0.39, 0.29) is 19.1 Å². The van der Waals surface area contributed by atoms with Crippen LogP contribution in [-0.2, 0) is 9.53 Å². The van der Waals surface area contributed by atoms with E-state index in [2.05, 4.69) is 6.92 Å². The number of hydrogen-bond acceptors (Lipinski definition) is 4. The molecule has 0 radical (unpaired) electrons. The highest BCUT2D eigenvalue weighted by atomic mass is 16.5. The lowest BCUT2D eigenvalue weighted by molar-refractivity contribution is -0.154. The van der Waals surface area contributed by atoms with Crippen molar-refractivity contribution in [3.8, 4) is 5.75 Å². The fraction of sp³-hybridized carbons (Fsp3) is 0.500. The summed E-state index contributed by atoms with van der Waals surface area (Å²) >= 11 is 0. The van der Waals surface area contributed by atoms with E-state index < -0.39 is 12.1 Å². The Morgan fingerprint density at radius 2 is 2.09 bits per heavy atom. The maximum Gasteiger partial charge on any atom is 0.334 e. The number of amides is 1. The summed E-state index contributed by atoms with van der Waals surface area (Å²) in [5.41, 5.74) is 0.522. The summed E-state index contributed by atoms with van der Waals surface area (Å²) in [6, 6.07) is 6.93. The number of nitrogens with zero attached hydrogens (tertiary/aromatic N) is 1. The second kappa shape index (κ2) is 7.79. The SMILES string of the molecule is CCCCOc1ccc(C(=O)N2CCOC(C(=O)O)C2)cc1. The van der Waals surface area contributed by atoms with E-state index in [1.165, 1.54) is 4.90 Å². The molecule has 1 aromatic rings. The number of carboxylic acids is 1. The number of aliphatic carboxylic acids is 1. The molecule has 120 valence electrons. The predicted octanol–water partition coefficient (Wildman–Crippen LogP) is 1.79. The molecule has 0 aliphatic carbocycles. The van der Waals surface area contributed by atoms with Gasteiger partial charge in [0.2, 0.25) is 0 Å². The molecule has 2 rings (SSSR count). The molecule has 0 aromatic heterocycles. The Hall–Kier alpha value is -2.08. The zero-order valence-corrected chi connectivity index (χ0v) is 12.7. The third-order valence-corrected chi connectivity index (χ3v) is 3.50. The van der Waals surface area contributed by atoms with Crippen LogP contribution < -0.4 is 4.74 Å². The highest BCUT2D eigenvalue weighted by Crippen LogP contribution is 2.16. The van der Waals surface area contributed by atoms with Gasteiger partial charge in [0.05, 0.1) is 19.8 Å². The van der Waals surface area contributed by atoms with Crippen molar-refractivity contribution < 1.29 is 24.2 Å². The Kier molecular flexibility index (Phi) is 5.77. The average molecular weight is 307 g/mol. The van der Waals surface area contributed by atoms with Gasteiger partial charge in [-0.1, -0.05) is 13.3 Å². The van der Waals surface area contributed by atoms with Crippen LogP contribution in [0.1, 0.15) is 30.1 Å². The van der Waals surface area contributed by atoms with E-state index in [9.17, 15) is 9.59 Å². The van der Waals surface area contributed by atoms with Crippen molar-refractivity contribution in [1.82, 2.24) is 4.90 Å². The molecular formula is C16H21NO5. The molecule has 1 aliphatic heterocycles. The molecule has 1 N–H and O–H groups in total. The molecule has 1 aliphatic rings. The van der Waals surface area contributed by atoms with Gasteiger partial charge in [0.25, 0.3) is 5.91 Å². The average Bonchev–Trinajstić information content (AvgIpc) is 2.55. The summed E-state index contributed by atoms with van der Waals surface area (Å²) in [5, 5.41) is 8.97. The molecule has 0 saturated carbocycles. The normalized spacial score (nSPS) is 18.0. The molecule has 0 bridgehead atoms. The lowest BCUT2D eigenvalue weighted by Gasteiger charge is -2.30. The highest BCUT2D eigenvalue weighted by Gasteiger charge is 2.29. The molecule has 1 aromatic carbocycles. The Labute approximate surface area is 129 Å². The first kappa shape index (κ1) is 16.3. The van der Waals surface area contributed by atoms with Crippen molar-refractivity contribution in [3.05, 3.63) is 29.8 Å². The maximum atomic E-state index is 12.4. The topological polar surface area (TPSA) is 76.1 Å². The van der Waals surface area contributed by atoms with Gasteiger partial charge in [-0.25, -0.2) is 4.79 Å². The molecule has 1 heterocycles. The van der Waals surface area contributed by atoms with E-state index >= 15 is 0 Å². The van der Waals surface area contributed by atoms with Crippen LogP contribution in [0, 0.1) is 0 Å². The zero-order valence-electron chi connectivity index (χ0n) is 12.7. The van der Waals surface area contributed by atoms with Gasteiger partial charge in [-0.2, -0.15) is 0 Å². The summed E-state index contributed by atoms with van der Waals surface area (Å²) < 4.78 is 10.7. The fourth-order valence-electron chi connectivity index (χ4n) is 2.19. The number of carboxylic acid groups (broad SMARTS) is 1. The lowest BCUT2D eigenvalue weighted by Crippen LogP contribution is -2.48. The number of carbonyl (C=O) groups excluding carboxylic acids is 1. The smallest absolute Gasteiger partial charge is 0.334 e. The van der Waals surface area contributed by atoms with E-state index in [0.29, 0.717) is 18.7 Å². The second-order valence-electron chi connectivity index (χ2n) is 5.18. The minimum absolute atomic E-state index is 0.0723. The van der Waals surface area contributed by atoms with Gasteiger partial charge in [0, 0.05) is 12.1 Å². The van der Waals surface area contributed by atoms with Crippen molar-refractivity contribution >= 4 is 11.9 Å². The number of morpholine rings is 1. The maximum absolute atomic E-state index is 12.4. The monoisotopic (exact) mass is 307 g/mol. The van der Waals surface area contributed by atoms with E-state index in [0.717, 1.165) is 18.6 Å². The van der Waals surface area contributed by atoms with Gasteiger partial charge in [0.1, 0.15) is 5.75 Å². The largest absolute Gasteiger partial charge is 0.494 e. The van der Waals surface area contributed by atoms with Gasteiger partial charge in [0.15, 0.2) is 6.10 Å². The summed E-state index contributed by atoms with van der Waals surface area (Å²) in [5.74, 6) is -0.498. The van der Waals surface area contributed by atoms with Gasteiger partial charge in [-0.05, 0) is 30.7 Å². The first-order chi connectivity index (χ1) is 10.6. The number of ether oxygens (including phenoxy) is 2. The van der Waals surface area contributed by atoms with Gasteiger partial charge in [-0.15, -0.1) is 0 Å². The second-order valence-corrected chi connectivity index (χ2v) is 5.18. The van der Waals surface area contributed by atoms with Crippen molar-refractivity contribution in [2.45, 2.75) is 25.9 Å². The van der Waals surface area contributed by atoms with Gasteiger partial charge < -0.3 is 19.5 Å². The van der Waals surface area contributed by atoms with Crippen LogP contribution in [0.25, 0.3) is 0 Å². The zero-order chi connectivity index (χ0) is 15.9. The molecule has 0 spiro atoms. The molecule has 1 fully saturated rings. The van der Waals surface area contributed by atoms with Gasteiger partial charge >= 0.3 is 5.97 Å². The van der Waals surface area contributed by atoms with Crippen molar-refractivity contribution in [3.63, 3.8) is 0 Å². The first-order valence-corrected chi connectivity index (χ1v) is 7.48. The summed E-state index contributed by atoms with van der Waals surface area (Å²) in [4.78, 5) is 24.8.